The number of ether oxygens (including phenoxy) is 4. The Bertz CT molecular complexity index is 1400. The van der Waals surface area contributed by atoms with E-state index in [1.807, 2.05) is 13.8 Å². The van der Waals surface area contributed by atoms with Crippen LogP contribution < -0.4 is 0 Å². The van der Waals surface area contributed by atoms with Gasteiger partial charge in [-0.2, -0.15) is 0 Å². The van der Waals surface area contributed by atoms with Gasteiger partial charge in [0, 0.05) is 10.8 Å². The predicted octanol–water partition coefficient (Wildman–Crippen LogP) is 2.40. The molecule has 0 aromatic carbocycles. The smallest absolute Gasteiger partial charge is 0.187 e. The fourth-order valence-corrected chi connectivity index (χ4v) is 12.7. The van der Waals surface area contributed by atoms with Crippen molar-refractivity contribution in [3.8, 4) is 0 Å². The van der Waals surface area contributed by atoms with Crippen molar-refractivity contribution in [2.24, 2.45) is 51.2 Å². The Morgan fingerprint density at radius 3 is 2.02 bits per heavy atom. The van der Waals surface area contributed by atoms with Crippen LogP contribution in [0.2, 0.25) is 0 Å². The van der Waals surface area contributed by atoms with E-state index in [-0.39, 0.29) is 28.1 Å². The summed E-state index contributed by atoms with van der Waals surface area (Å²) >= 11 is 0. The van der Waals surface area contributed by atoms with Gasteiger partial charge in [-0.1, -0.05) is 66.5 Å². The molecule has 4 aliphatic carbocycles. The van der Waals surface area contributed by atoms with Crippen molar-refractivity contribution < 1.29 is 64.9 Å². The monoisotopic (exact) mass is 799 g/mol. The Labute approximate surface area is 333 Å². The molecule has 0 aromatic heterocycles. The average molecular weight is 799 g/mol. The van der Waals surface area contributed by atoms with Gasteiger partial charge in [-0.3, -0.25) is 0 Å². The van der Waals surface area contributed by atoms with Crippen molar-refractivity contribution in [3.05, 3.63) is 11.6 Å². The lowest BCUT2D eigenvalue weighted by molar-refractivity contribution is -0.340. The number of aliphatic hydroxyl groups excluding tert-OH is 8. The van der Waals surface area contributed by atoms with Crippen LogP contribution in [0.3, 0.4) is 0 Å². The topological polar surface area (TPSA) is 219 Å². The van der Waals surface area contributed by atoms with Crippen LogP contribution in [0.4, 0.5) is 0 Å². The molecule has 9 N–H and O–H groups in total. The highest BCUT2D eigenvalue weighted by Crippen LogP contribution is 2.75. The molecule has 324 valence electrons. The van der Waals surface area contributed by atoms with Gasteiger partial charge >= 0.3 is 0 Å². The van der Waals surface area contributed by atoms with E-state index >= 15 is 0 Å². The van der Waals surface area contributed by atoms with Crippen LogP contribution >= 0.6 is 0 Å². The molecule has 13 nitrogen and oxygen atoms in total. The molecule has 0 aromatic rings. The van der Waals surface area contributed by atoms with Crippen LogP contribution in [0.5, 0.6) is 0 Å². The maximum Gasteiger partial charge on any atom is 0.187 e. The molecule has 56 heavy (non-hydrogen) atoms. The first-order valence-corrected chi connectivity index (χ1v) is 21.3. The summed E-state index contributed by atoms with van der Waals surface area (Å²) in [6.45, 7) is 18.8. The molecular formula is C43H74O13. The Balaban J connectivity index is 1.16. The lowest BCUT2D eigenvalue weighted by atomic mass is 9.38. The third kappa shape index (κ3) is 7.28. The zero-order chi connectivity index (χ0) is 41.5. The van der Waals surface area contributed by atoms with E-state index in [4.69, 9.17) is 18.9 Å². The first-order valence-electron chi connectivity index (χ1n) is 21.3. The third-order valence-corrected chi connectivity index (χ3v) is 17.1. The molecule has 5 fully saturated rings. The molecule has 3 saturated carbocycles. The molecule has 0 bridgehead atoms. The van der Waals surface area contributed by atoms with Crippen LogP contribution in [-0.4, -0.2) is 138 Å². The van der Waals surface area contributed by atoms with Gasteiger partial charge in [0.25, 0.3) is 0 Å². The van der Waals surface area contributed by atoms with Gasteiger partial charge in [-0.25, -0.2) is 0 Å². The van der Waals surface area contributed by atoms with E-state index in [1.54, 1.807) is 0 Å². The SMILES string of the molecule is CC(CCC(C)C(C)(C)O)C1CCC2(C)C3CC=C4C(CCC(OC5OC(COC6OC(CO)C(O)C(O)C6O)C(O)C(O)C5O)C4(C)C)C3(C)C(O)CC12C. The number of rotatable bonds is 11. The van der Waals surface area contributed by atoms with Gasteiger partial charge < -0.3 is 64.9 Å². The highest BCUT2D eigenvalue weighted by atomic mass is 16.7. The van der Waals surface area contributed by atoms with Crippen molar-refractivity contribution in [3.63, 3.8) is 0 Å². The maximum atomic E-state index is 12.4. The number of allylic oxidation sites excluding steroid dienone is 1. The van der Waals surface area contributed by atoms with Gasteiger partial charge in [0.1, 0.15) is 48.8 Å². The van der Waals surface area contributed by atoms with Crippen molar-refractivity contribution in [1.29, 1.82) is 0 Å². The Kier molecular flexibility index (Phi) is 12.7. The van der Waals surface area contributed by atoms with E-state index in [0.717, 1.165) is 44.9 Å². The third-order valence-electron chi connectivity index (χ3n) is 17.1. The highest BCUT2D eigenvalue weighted by Gasteiger charge is 2.70. The van der Waals surface area contributed by atoms with Crippen LogP contribution in [0, 0.1) is 51.2 Å². The number of fused-ring (bicyclic) bond motifs is 5. The molecule has 6 aliphatic rings. The zero-order valence-electron chi connectivity index (χ0n) is 35.1. The van der Waals surface area contributed by atoms with Crippen molar-refractivity contribution in [2.75, 3.05) is 13.2 Å². The second-order valence-corrected chi connectivity index (χ2v) is 20.6. The fraction of sp³-hybridized carbons (Fsp3) is 0.953. The summed E-state index contributed by atoms with van der Waals surface area (Å²) in [5.74, 6) is 1.61. The Morgan fingerprint density at radius 2 is 1.39 bits per heavy atom. The standard InChI is InChI=1S/C43H74O13/c1-21(10-11-22(2)40(5,6)52)23-16-17-41(7)28-14-12-24-25(43(28,9)29(45)18-42(23,41)8)13-15-30(39(24,3)4)56-38-36(51)34(49)32(47)27(55-38)20-53-37-35(50)33(48)31(46)26(19-44)54-37/h12,21-23,25-38,44-52H,10-11,13-20H2,1-9H3. The van der Waals surface area contributed by atoms with E-state index in [9.17, 15) is 46.0 Å². The van der Waals surface area contributed by atoms with Crippen LogP contribution in [-0.2, 0) is 18.9 Å². The molecule has 2 aliphatic heterocycles. The summed E-state index contributed by atoms with van der Waals surface area (Å²) in [6.07, 6.45) is -6.07. The molecule has 6 rings (SSSR count). The molecule has 2 heterocycles. The lowest BCUT2D eigenvalue weighted by Crippen LogP contribution is -2.65. The zero-order valence-corrected chi connectivity index (χ0v) is 35.1. The summed E-state index contributed by atoms with van der Waals surface area (Å²) in [6, 6.07) is 0. The summed E-state index contributed by atoms with van der Waals surface area (Å²) in [4.78, 5) is 0. The second-order valence-electron chi connectivity index (χ2n) is 20.6. The highest BCUT2D eigenvalue weighted by molar-refractivity contribution is 5.32. The van der Waals surface area contributed by atoms with Gasteiger partial charge in [0.15, 0.2) is 12.6 Å². The first kappa shape index (κ1) is 44.8. The normalized spacial score (nSPS) is 50.3. The molecule has 13 heteroatoms. The summed E-state index contributed by atoms with van der Waals surface area (Å²) in [5.41, 5.74) is -0.305. The molecule has 20 unspecified atom stereocenters. The maximum absolute atomic E-state index is 12.4. The number of aliphatic hydroxyl groups is 9. The van der Waals surface area contributed by atoms with E-state index < -0.39 is 97.8 Å². The summed E-state index contributed by atoms with van der Waals surface area (Å²) in [5, 5.41) is 96.0. The van der Waals surface area contributed by atoms with Gasteiger partial charge in [-0.15, -0.1) is 0 Å². The minimum atomic E-state index is -1.66. The first-order chi connectivity index (χ1) is 25.9. The molecule has 2 saturated heterocycles. The quantitative estimate of drug-likeness (QED) is 0.137. The van der Waals surface area contributed by atoms with Crippen molar-refractivity contribution >= 4 is 0 Å². The molecule has 0 radical (unpaired) electrons. The Morgan fingerprint density at radius 1 is 0.786 bits per heavy atom. The molecule has 0 amide bonds. The van der Waals surface area contributed by atoms with Crippen molar-refractivity contribution in [1.82, 2.24) is 0 Å². The number of hydrogen-bond donors (Lipinski definition) is 9. The van der Waals surface area contributed by atoms with Crippen LogP contribution in [0.25, 0.3) is 0 Å². The average Bonchev–Trinajstić information content (AvgIpc) is 3.40. The van der Waals surface area contributed by atoms with E-state index in [2.05, 4.69) is 54.5 Å². The second kappa shape index (κ2) is 15.9. The van der Waals surface area contributed by atoms with Crippen LogP contribution in [0.15, 0.2) is 11.6 Å². The van der Waals surface area contributed by atoms with Gasteiger partial charge in [0.2, 0.25) is 0 Å². The summed E-state index contributed by atoms with van der Waals surface area (Å²) < 4.78 is 23.6. The molecule has 0 spiro atoms. The minimum absolute atomic E-state index is 0.0158. The fourth-order valence-electron chi connectivity index (χ4n) is 12.7. The van der Waals surface area contributed by atoms with Crippen LogP contribution in [0.1, 0.15) is 114 Å². The Hall–Kier alpha value is -0.780. The predicted molar refractivity (Wildman–Crippen MR) is 205 cm³/mol. The largest absolute Gasteiger partial charge is 0.394 e. The van der Waals surface area contributed by atoms with E-state index in [0.29, 0.717) is 24.2 Å². The lowest BCUT2D eigenvalue weighted by Gasteiger charge is -2.67. The van der Waals surface area contributed by atoms with Gasteiger partial charge in [0.05, 0.1) is 31.0 Å². The number of hydrogen-bond acceptors (Lipinski definition) is 13. The summed E-state index contributed by atoms with van der Waals surface area (Å²) in [7, 11) is 0. The minimum Gasteiger partial charge on any atom is -0.394 e. The molecular weight excluding hydrogens is 724 g/mol. The van der Waals surface area contributed by atoms with E-state index in [1.165, 1.54) is 5.57 Å². The van der Waals surface area contributed by atoms with Crippen molar-refractivity contribution in [2.45, 2.75) is 193 Å². The molecule has 20 atom stereocenters. The van der Waals surface area contributed by atoms with Gasteiger partial charge in [-0.05, 0) is 99.2 Å².